The second-order valence-corrected chi connectivity index (χ2v) is 5.58. The zero-order valence-electron chi connectivity index (χ0n) is 14.2. The Kier molecular flexibility index (Phi) is 4.74. The Hall–Kier alpha value is -3.55. The van der Waals surface area contributed by atoms with E-state index in [9.17, 15) is 14.4 Å². The third kappa shape index (κ3) is 3.59. The maximum Gasteiger partial charge on any atom is 0.329 e. The van der Waals surface area contributed by atoms with Crippen molar-refractivity contribution in [1.82, 2.24) is 10.2 Å². The molecule has 0 saturated carbocycles. The lowest BCUT2D eigenvalue weighted by Crippen LogP contribution is -2.38. The molecule has 0 unspecified atom stereocenters. The van der Waals surface area contributed by atoms with Crippen LogP contribution in [0.5, 0.6) is 5.75 Å². The quantitative estimate of drug-likeness (QED) is 0.632. The molecular weight excluding hydrogens is 338 g/mol. The molecule has 1 aliphatic heterocycles. The van der Waals surface area contributed by atoms with Crippen LogP contribution in [-0.2, 0) is 9.59 Å². The second-order valence-electron chi connectivity index (χ2n) is 5.58. The lowest BCUT2D eigenvalue weighted by Gasteiger charge is -2.13. The molecule has 1 aromatic carbocycles. The molecular formula is C18H17N3O5. The van der Waals surface area contributed by atoms with Gasteiger partial charge in [0.2, 0.25) is 5.91 Å². The van der Waals surface area contributed by atoms with E-state index in [-0.39, 0.29) is 5.70 Å². The minimum absolute atomic E-state index is 0.0504. The van der Waals surface area contributed by atoms with E-state index in [1.807, 2.05) is 0 Å². The van der Waals surface area contributed by atoms with Crippen LogP contribution in [0.3, 0.4) is 0 Å². The van der Waals surface area contributed by atoms with Gasteiger partial charge in [-0.1, -0.05) is 12.1 Å². The maximum atomic E-state index is 12.4. The normalized spacial score (nSPS) is 15.3. The van der Waals surface area contributed by atoms with Crippen molar-refractivity contribution in [1.29, 1.82) is 0 Å². The molecule has 0 radical (unpaired) electrons. The van der Waals surface area contributed by atoms with Crippen molar-refractivity contribution < 1.29 is 23.5 Å². The fourth-order valence-electron chi connectivity index (χ4n) is 2.47. The monoisotopic (exact) mass is 355 g/mol. The van der Waals surface area contributed by atoms with Crippen molar-refractivity contribution in [2.75, 3.05) is 19.0 Å². The number of imide groups is 1. The number of hydrogen-bond acceptors (Lipinski definition) is 5. The van der Waals surface area contributed by atoms with Gasteiger partial charge in [-0.25, -0.2) is 9.69 Å². The molecule has 3 rings (SSSR count). The average molecular weight is 355 g/mol. The summed E-state index contributed by atoms with van der Waals surface area (Å²) in [7, 11) is 1.48. The largest absolute Gasteiger partial charge is 0.495 e. The van der Waals surface area contributed by atoms with Crippen molar-refractivity contribution in [2.45, 2.75) is 6.92 Å². The number of anilines is 1. The highest BCUT2D eigenvalue weighted by atomic mass is 16.5. The van der Waals surface area contributed by atoms with Gasteiger partial charge in [-0.2, -0.15) is 0 Å². The molecule has 1 fully saturated rings. The van der Waals surface area contributed by atoms with Gasteiger partial charge in [0.05, 0.1) is 12.8 Å². The number of nitrogens with zero attached hydrogens (tertiary/aromatic N) is 1. The predicted molar refractivity (Wildman–Crippen MR) is 93.3 cm³/mol. The van der Waals surface area contributed by atoms with E-state index >= 15 is 0 Å². The molecule has 1 aromatic heterocycles. The number of aryl methyl sites for hydroxylation is 1. The molecule has 0 aliphatic carbocycles. The summed E-state index contributed by atoms with van der Waals surface area (Å²) in [5.41, 5.74) is 0.503. The summed E-state index contributed by atoms with van der Waals surface area (Å²) in [5, 5.41) is 5.06. The number of urea groups is 1. The standard InChI is InChI=1S/C18H17N3O5/c1-11-7-8-12(26-11)9-14-17(23)21(18(24)20-14)10-16(22)19-13-5-3-4-6-15(13)25-2/h3-9H,10H2,1-2H3,(H,19,22)(H,20,24)/b14-9+. The second kappa shape index (κ2) is 7.14. The van der Waals surface area contributed by atoms with Gasteiger partial charge in [0.1, 0.15) is 29.5 Å². The van der Waals surface area contributed by atoms with Crippen LogP contribution in [0.4, 0.5) is 10.5 Å². The lowest BCUT2D eigenvalue weighted by atomic mass is 10.3. The molecule has 0 spiro atoms. The van der Waals surface area contributed by atoms with Gasteiger partial charge in [0.25, 0.3) is 5.91 Å². The summed E-state index contributed by atoms with van der Waals surface area (Å²) in [5.74, 6) is 0.479. The Morgan fingerprint density at radius 3 is 2.73 bits per heavy atom. The van der Waals surface area contributed by atoms with E-state index < -0.39 is 24.4 Å². The Morgan fingerprint density at radius 2 is 2.04 bits per heavy atom. The Bertz CT molecular complexity index is 900. The Balaban J connectivity index is 1.69. The highest BCUT2D eigenvalue weighted by molar-refractivity contribution is 6.15. The highest BCUT2D eigenvalue weighted by Gasteiger charge is 2.35. The van der Waals surface area contributed by atoms with Gasteiger partial charge >= 0.3 is 6.03 Å². The van der Waals surface area contributed by atoms with Crippen LogP contribution in [0.2, 0.25) is 0 Å². The number of nitrogens with one attached hydrogen (secondary N) is 2. The summed E-state index contributed by atoms with van der Waals surface area (Å²) >= 11 is 0. The van der Waals surface area contributed by atoms with Crippen molar-refractivity contribution in [3.05, 3.63) is 53.6 Å². The summed E-state index contributed by atoms with van der Waals surface area (Å²) in [4.78, 5) is 37.4. The first kappa shape index (κ1) is 17.3. The van der Waals surface area contributed by atoms with E-state index in [0.717, 1.165) is 4.90 Å². The molecule has 2 heterocycles. The van der Waals surface area contributed by atoms with Gasteiger partial charge in [-0.15, -0.1) is 0 Å². The number of benzene rings is 1. The summed E-state index contributed by atoms with van der Waals surface area (Å²) in [6.07, 6.45) is 1.42. The van der Waals surface area contributed by atoms with E-state index in [2.05, 4.69) is 10.6 Å². The number of methoxy groups -OCH3 is 1. The number of furan rings is 1. The molecule has 0 bridgehead atoms. The first-order valence-electron chi connectivity index (χ1n) is 7.82. The van der Waals surface area contributed by atoms with Gasteiger partial charge in [0.15, 0.2) is 0 Å². The fraction of sp³-hybridized carbons (Fsp3) is 0.167. The maximum absolute atomic E-state index is 12.4. The molecule has 1 aliphatic rings. The van der Waals surface area contributed by atoms with Crippen LogP contribution in [0.25, 0.3) is 6.08 Å². The van der Waals surface area contributed by atoms with Gasteiger partial charge in [-0.3, -0.25) is 9.59 Å². The van der Waals surface area contributed by atoms with Crippen LogP contribution in [0.1, 0.15) is 11.5 Å². The zero-order valence-corrected chi connectivity index (χ0v) is 14.2. The molecule has 1 saturated heterocycles. The molecule has 4 amide bonds. The van der Waals surface area contributed by atoms with E-state index in [4.69, 9.17) is 9.15 Å². The molecule has 26 heavy (non-hydrogen) atoms. The Labute approximate surface area is 149 Å². The van der Waals surface area contributed by atoms with Crippen LogP contribution in [0, 0.1) is 6.92 Å². The number of amides is 4. The van der Waals surface area contributed by atoms with E-state index in [0.29, 0.717) is 23.0 Å². The minimum atomic E-state index is -0.667. The average Bonchev–Trinajstić information content (AvgIpc) is 3.13. The third-order valence-electron chi connectivity index (χ3n) is 3.69. The predicted octanol–water partition coefficient (Wildman–Crippen LogP) is 2.13. The molecule has 2 N–H and O–H groups in total. The Morgan fingerprint density at radius 1 is 1.27 bits per heavy atom. The smallest absolute Gasteiger partial charge is 0.329 e. The summed E-state index contributed by atoms with van der Waals surface area (Å²) in [6, 6.07) is 9.60. The van der Waals surface area contributed by atoms with Crippen molar-refractivity contribution in [3.63, 3.8) is 0 Å². The van der Waals surface area contributed by atoms with Crippen LogP contribution in [-0.4, -0.2) is 36.4 Å². The number of carbonyl (C=O) groups excluding carboxylic acids is 3. The first-order valence-corrected chi connectivity index (χ1v) is 7.82. The van der Waals surface area contributed by atoms with Crippen LogP contribution < -0.4 is 15.4 Å². The number of hydrogen-bond donors (Lipinski definition) is 2. The molecule has 2 aromatic rings. The van der Waals surface area contributed by atoms with Crippen molar-refractivity contribution >= 4 is 29.6 Å². The van der Waals surface area contributed by atoms with Crippen molar-refractivity contribution in [3.8, 4) is 5.75 Å². The molecule has 8 heteroatoms. The molecule has 8 nitrogen and oxygen atoms in total. The van der Waals surface area contributed by atoms with Crippen LogP contribution in [0.15, 0.2) is 46.5 Å². The van der Waals surface area contributed by atoms with E-state index in [1.54, 1.807) is 43.3 Å². The van der Waals surface area contributed by atoms with Gasteiger partial charge in [-0.05, 0) is 31.2 Å². The number of ether oxygens (including phenoxy) is 1. The summed E-state index contributed by atoms with van der Waals surface area (Å²) in [6.45, 7) is 1.35. The SMILES string of the molecule is COc1ccccc1NC(=O)CN1C(=O)N/C(=C/c2ccc(C)o2)C1=O. The minimum Gasteiger partial charge on any atom is -0.495 e. The summed E-state index contributed by atoms with van der Waals surface area (Å²) < 4.78 is 10.5. The zero-order chi connectivity index (χ0) is 18.7. The van der Waals surface area contributed by atoms with Crippen molar-refractivity contribution in [2.24, 2.45) is 0 Å². The topological polar surface area (TPSA) is 101 Å². The lowest BCUT2D eigenvalue weighted by molar-refractivity contribution is -0.127. The highest BCUT2D eigenvalue weighted by Crippen LogP contribution is 2.23. The number of para-hydroxylation sites is 2. The molecule has 134 valence electrons. The number of rotatable bonds is 5. The third-order valence-corrected chi connectivity index (χ3v) is 3.69. The van der Waals surface area contributed by atoms with E-state index in [1.165, 1.54) is 13.2 Å². The number of carbonyl (C=O) groups is 3. The van der Waals surface area contributed by atoms with Gasteiger partial charge in [0, 0.05) is 6.08 Å². The van der Waals surface area contributed by atoms with Crippen LogP contribution >= 0.6 is 0 Å². The first-order chi connectivity index (χ1) is 12.5. The van der Waals surface area contributed by atoms with Gasteiger partial charge < -0.3 is 19.8 Å². The molecule has 0 atom stereocenters. The fourth-order valence-corrected chi connectivity index (χ4v) is 2.47.